The van der Waals surface area contributed by atoms with Gasteiger partial charge in [-0.1, -0.05) is 24.6 Å². The monoisotopic (exact) mass is 340 g/mol. The molecule has 0 saturated carbocycles. The quantitative estimate of drug-likeness (QED) is 0.782. The van der Waals surface area contributed by atoms with Crippen LogP contribution in [0.5, 0.6) is 5.75 Å². The summed E-state index contributed by atoms with van der Waals surface area (Å²) in [4.78, 5) is 17.0. The van der Waals surface area contributed by atoms with Crippen LogP contribution in [0.4, 0.5) is 5.69 Å². The van der Waals surface area contributed by atoms with Crippen LogP contribution in [0, 0.1) is 0 Å². The Balaban J connectivity index is 2.14. The van der Waals surface area contributed by atoms with E-state index in [9.17, 15) is 4.79 Å². The number of ether oxygens (including phenoxy) is 2. The summed E-state index contributed by atoms with van der Waals surface area (Å²) in [5.41, 5.74) is 0.528. The van der Waals surface area contributed by atoms with Crippen molar-refractivity contribution in [2.24, 2.45) is 0 Å². The van der Waals surface area contributed by atoms with Crippen LogP contribution in [0.25, 0.3) is 0 Å². The first-order valence-electron chi connectivity index (χ1n) is 6.82. The van der Waals surface area contributed by atoms with E-state index in [1.54, 1.807) is 31.5 Å². The van der Waals surface area contributed by atoms with Crippen LogP contribution in [0.3, 0.4) is 0 Å². The smallest absolute Gasteiger partial charge is 0.267 e. The molecule has 0 atom stereocenters. The number of hydrogen-bond acceptors (Lipinski definition) is 5. The number of aryl methyl sites for hydroxylation is 1. The molecular weight excluding hydrogens is 324 g/mol. The summed E-state index contributed by atoms with van der Waals surface area (Å²) >= 11 is 7.51. The number of halogens is 1. The third-order valence-electron chi connectivity index (χ3n) is 2.83. The highest BCUT2D eigenvalue weighted by atomic mass is 35.5. The molecule has 5 nitrogen and oxygen atoms in total. The average Bonchev–Trinajstić information content (AvgIpc) is 2.99. The third-order valence-corrected chi connectivity index (χ3v) is 4.27. The highest BCUT2D eigenvalue weighted by Crippen LogP contribution is 2.33. The van der Waals surface area contributed by atoms with E-state index in [4.69, 9.17) is 21.1 Å². The van der Waals surface area contributed by atoms with Gasteiger partial charge >= 0.3 is 0 Å². The molecule has 1 aromatic carbocycles. The summed E-state index contributed by atoms with van der Waals surface area (Å²) in [7, 11) is 1.59. The van der Waals surface area contributed by atoms with Crippen molar-refractivity contribution in [3.05, 3.63) is 39.3 Å². The molecule has 0 radical (unpaired) electrons. The van der Waals surface area contributed by atoms with Crippen molar-refractivity contribution in [2.75, 3.05) is 25.6 Å². The standard InChI is InChI=1S/C15H17ClN2O3S/c1-3-13-17-9-12(22-13)15(19)18-11-6-4-5-10(16)14(11)21-8-7-20-2/h4-6,9H,3,7-8H2,1-2H3,(H,18,19). The summed E-state index contributed by atoms with van der Waals surface area (Å²) < 4.78 is 10.5. The van der Waals surface area contributed by atoms with E-state index in [0.29, 0.717) is 34.6 Å². The van der Waals surface area contributed by atoms with Gasteiger partial charge in [0.25, 0.3) is 5.91 Å². The number of methoxy groups -OCH3 is 1. The Labute approximate surface area is 138 Å². The van der Waals surface area contributed by atoms with Crippen LogP contribution in [0.2, 0.25) is 5.02 Å². The van der Waals surface area contributed by atoms with Gasteiger partial charge in [-0.2, -0.15) is 0 Å². The molecule has 1 amide bonds. The van der Waals surface area contributed by atoms with E-state index < -0.39 is 0 Å². The van der Waals surface area contributed by atoms with Crippen LogP contribution < -0.4 is 10.1 Å². The molecule has 1 N–H and O–H groups in total. The van der Waals surface area contributed by atoms with E-state index in [2.05, 4.69) is 10.3 Å². The van der Waals surface area contributed by atoms with Crippen LogP contribution in [-0.4, -0.2) is 31.2 Å². The first-order valence-corrected chi connectivity index (χ1v) is 8.01. The minimum atomic E-state index is -0.226. The Hall–Kier alpha value is -1.63. The first kappa shape index (κ1) is 16.7. The van der Waals surface area contributed by atoms with Crippen LogP contribution in [0.15, 0.2) is 24.4 Å². The molecule has 0 aliphatic heterocycles. The molecule has 7 heteroatoms. The maximum Gasteiger partial charge on any atom is 0.267 e. The van der Waals surface area contributed by atoms with E-state index in [-0.39, 0.29) is 5.91 Å². The number of para-hydroxylation sites is 1. The highest BCUT2D eigenvalue weighted by Gasteiger charge is 2.15. The summed E-state index contributed by atoms with van der Waals surface area (Å²) in [5.74, 6) is 0.214. The first-order chi connectivity index (χ1) is 10.7. The molecule has 2 aromatic rings. The van der Waals surface area contributed by atoms with Crippen molar-refractivity contribution >= 4 is 34.5 Å². The van der Waals surface area contributed by atoms with Crippen molar-refractivity contribution in [2.45, 2.75) is 13.3 Å². The van der Waals surface area contributed by atoms with E-state index in [1.165, 1.54) is 11.3 Å². The Bertz CT molecular complexity index is 645. The zero-order valence-corrected chi connectivity index (χ0v) is 14.0. The van der Waals surface area contributed by atoms with Crippen molar-refractivity contribution < 1.29 is 14.3 Å². The SMILES string of the molecule is CCc1ncc(C(=O)Nc2cccc(Cl)c2OCCOC)s1. The second-order valence-electron chi connectivity index (χ2n) is 4.38. The number of carbonyl (C=O) groups is 1. The average molecular weight is 341 g/mol. The number of thiazole rings is 1. The Kier molecular flexibility index (Phi) is 6.18. The van der Waals surface area contributed by atoms with Gasteiger partial charge in [-0.05, 0) is 18.6 Å². The topological polar surface area (TPSA) is 60.5 Å². The Morgan fingerprint density at radius 1 is 1.41 bits per heavy atom. The fourth-order valence-corrected chi connectivity index (χ4v) is 2.73. The van der Waals surface area contributed by atoms with Gasteiger partial charge in [-0.3, -0.25) is 4.79 Å². The zero-order chi connectivity index (χ0) is 15.9. The summed E-state index contributed by atoms with van der Waals surface area (Å²) in [6, 6.07) is 5.21. The number of carbonyl (C=O) groups excluding carboxylic acids is 1. The molecule has 0 aliphatic rings. The van der Waals surface area contributed by atoms with Gasteiger partial charge in [0.1, 0.15) is 11.5 Å². The number of aromatic nitrogens is 1. The summed E-state index contributed by atoms with van der Waals surface area (Å²) in [6.45, 7) is 2.79. The van der Waals surface area contributed by atoms with Crippen LogP contribution in [-0.2, 0) is 11.2 Å². The van der Waals surface area contributed by atoms with Gasteiger partial charge < -0.3 is 14.8 Å². The molecule has 0 aliphatic carbocycles. The van der Waals surface area contributed by atoms with Gasteiger partial charge in [0.15, 0.2) is 5.75 Å². The molecule has 0 spiro atoms. The molecular formula is C15H17ClN2O3S. The molecule has 0 unspecified atom stereocenters. The van der Waals surface area contributed by atoms with Gasteiger partial charge in [0.05, 0.1) is 28.5 Å². The molecule has 1 aromatic heterocycles. The van der Waals surface area contributed by atoms with Gasteiger partial charge in [0, 0.05) is 7.11 Å². The minimum absolute atomic E-state index is 0.226. The van der Waals surface area contributed by atoms with Crippen molar-refractivity contribution in [1.29, 1.82) is 0 Å². The minimum Gasteiger partial charge on any atom is -0.487 e. The lowest BCUT2D eigenvalue weighted by Crippen LogP contribution is -2.13. The molecule has 0 saturated heterocycles. The highest BCUT2D eigenvalue weighted by molar-refractivity contribution is 7.13. The summed E-state index contributed by atoms with van der Waals surface area (Å²) in [6.07, 6.45) is 2.38. The molecule has 1 heterocycles. The molecule has 0 bridgehead atoms. The van der Waals surface area contributed by atoms with E-state index in [0.717, 1.165) is 11.4 Å². The molecule has 2 rings (SSSR count). The van der Waals surface area contributed by atoms with Gasteiger partial charge in [-0.25, -0.2) is 4.98 Å². The Morgan fingerprint density at radius 3 is 2.91 bits per heavy atom. The van der Waals surface area contributed by atoms with Crippen molar-refractivity contribution in [3.63, 3.8) is 0 Å². The number of nitrogens with zero attached hydrogens (tertiary/aromatic N) is 1. The second kappa shape index (κ2) is 8.12. The summed E-state index contributed by atoms with van der Waals surface area (Å²) in [5, 5.41) is 4.17. The molecule has 22 heavy (non-hydrogen) atoms. The van der Waals surface area contributed by atoms with Crippen molar-refractivity contribution in [3.8, 4) is 5.75 Å². The normalized spacial score (nSPS) is 10.5. The van der Waals surface area contributed by atoms with E-state index >= 15 is 0 Å². The number of amides is 1. The second-order valence-corrected chi connectivity index (χ2v) is 5.91. The van der Waals surface area contributed by atoms with Crippen LogP contribution in [0.1, 0.15) is 21.6 Å². The van der Waals surface area contributed by atoms with Gasteiger partial charge in [-0.15, -0.1) is 11.3 Å². The largest absolute Gasteiger partial charge is 0.487 e. The number of benzene rings is 1. The fraction of sp³-hybridized carbons (Fsp3) is 0.333. The lowest BCUT2D eigenvalue weighted by molar-refractivity contribution is 0.102. The predicted molar refractivity (Wildman–Crippen MR) is 88.3 cm³/mol. The number of anilines is 1. The maximum absolute atomic E-state index is 12.3. The zero-order valence-electron chi connectivity index (χ0n) is 12.4. The Morgan fingerprint density at radius 2 is 2.23 bits per heavy atom. The number of nitrogens with one attached hydrogen (secondary N) is 1. The van der Waals surface area contributed by atoms with Crippen molar-refractivity contribution in [1.82, 2.24) is 4.98 Å². The third kappa shape index (κ3) is 4.19. The molecule has 0 fully saturated rings. The maximum atomic E-state index is 12.3. The van der Waals surface area contributed by atoms with E-state index in [1.807, 2.05) is 6.92 Å². The lowest BCUT2D eigenvalue weighted by atomic mass is 10.3. The molecule has 118 valence electrons. The fourth-order valence-electron chi connectivity index (χ4n) is 1.74. The number of rotatable bonds is 7. The number of hydrogen-bond donors (Lipinski definition) is 1. The predicted octanol–water partition coefficient (Wildman–Crippen LogP) is 3.64. The van der Waals surface area contributed by atoms with Crippen LogP contribution >= 0.6 is 22.9 Å². The van der Waals surface area contributed by atoms with Gasteiger partial charge in [0.2, 0.25) is 0 Å². The lowest BCUT2D eigenvalue weighted by Gasteiger charge is -2.13.